The third kappa shape index (κ3) is 0.947. The van der Waals surface area contributed by atoms with Gasteiger partial charge in [-0.05, 0) is 13.3 Å². The quantitative estimate of drug-likeness (QED) is 0.592. The molecule has 0 amide bonds. The minimum absolute atomic E-state index is 0.146. The molecule has 1 nitrogen and oxygen atoms in total. The Kier molecular flexibility index (Phi) is 1.75. The van der Waals surface area contributed by atoms with Crippen LogP contribution in [0.4, 0.5) is 4.39 Å². The van der Waals surface area contributed by atoms with Crippen molar-refractivity contribution < 1.29 is 4.39 Å². The van der Waals surface area contributed by atoms with E-state index in [0.29, 0.717) is 6.54 Å². The molecule has 0 aromatic rings. The third-order valence-corrected chi connectivity index (χ3v) is 3.01. The van der Waals surface area contributed by atoms with Crippen molar-refractivity contribution in [1.82, 2.24) is 5.32 Å². The van der Waals surface area contributed by atoms with E-state index in [9.17, 15) is 4.39 Å². The molecule has 1 aliphatic heterocycles. The van der Waals surface area contributed by atoms with Gasteiger partial charge in [-0.25, -0.2) is 4.39 Å². The molecule has 1 fully saturated rings. The first-order valence-electron chi connectivity index (χ1n) is 3.91. The van der Waals surface area contributed by atoms with E-state index in [1.165, 1.54) is 0 Å². The number of halogens is 1. The van der Waals surface area contributed by atoms with Gasteiger partial charge in [-0.3, -0.25) is 0 Å². The SMILES string of the molecule is CCC1(C)CNCC1(C)F. The van der Waals surface area contributed by atoms with Gasteiger partial charge in [-0.15, -0.1) is 0 Å². The van der Waals surface area contributed by atoms with E-state index in [1.807, 2.05) is 13.8 Å². The second kappa shape index (κ2) is 2.19. The van der Waals surface area contributed by atoms with E-state index in [0.717, 1.165) is 13.0 Å². The number of nitrogens with one attached hydrogen (secondary N) is 1. The van der Waals surface area contributed by atoms with E-state index in [-0.39, 0.29) is 5.41 Å². The summed E-state index contributed by atoms with van der Waals surface area (Å²) in [5.41, 5.74) is -1.16. The number of rotatable bonds is 1. The highest BCUT2D eigenvalue weighted by molar-refractivity contribution is 5.00. The first-order chi connectivity index (χ1) is 4.52. The van der Waals surface area contributed by atoms with Crippen molar-refractivity contribution in [3.63, 3.8) is 0 Å². The van der Waals surface area contributed by atoms with Gasteiger partial charge in [0.2, 0.25) is 0 Å². The molecule has 0 bridgehead atoms. The molecule has 1 saturated heterocycles. The Morgan fingerprint density at radius 2 is 2.00 bits per heavy atom. The summed E-state index contributed by atoms with van der Waals surface area (Å²) < 4.78 is 13.6. The van der Waals surface area contributed by atoms with Crippen LogP contribution in [-0.2, 0) is 0 Å². The molecule has 2 heteroatoms. The summed E-state index contributed by atoms with van der Waals surface area (Å²) in [6, 6.07) is 0. The minimum atomic E-state index is -1.01. The molecule has 0 aromatic heterocycles. The van der Waals surface area contributed by atoms with Crippen molar-refractivity contribution >= 4 is 0 Å². The minimum Gasteiger partial charge on any atom is -0.313 e. The lowest BCUT2D eigenvalue weighted by Gasteiger charge is -2.32. The highest BCUT2D eigenvalue weighted by atomic mass is 19.1. The number of hydrogen-bond acceptors (Lipinski definition) is 1. The lowest BCUT2D eigenvalue weighted by atomic mass is 9.76. The van der Waals surface area contributed by atoms with Gasteiger partial charge in [0.05, 0.1) is 0 Å². The van der Waals surface area contributed by atoms with E-state index in [2.05, 4.69) is 5.32 Å². The molecule has 0 radical (unpaired) electrons. The van der Waals surface area contributed by atoms with Crippen molar-refractivity contribution in [2.24, 2.45) is 5.41 Å². The fraction of sp³-hybridized carbons (Fsp3) is 1.00. The van der Waals surface area contributed by atoms with Crippen LogP contribution in [0.3, 0.4) is 0 Å². The maximum Gasteiger partial charge on any atom is 0.127 e. The van der Waals surface area contributed by atoms with Crippen molar-refractivity contribution in [3.05, 3.63) is 0 Å². The van der Waals surface area contributed by atoms with E-state index in [4.69, 9.17) is 0 Å². The van der Waals surface area contributed by atoms with Crippen LogP contribution >= 0.6 is 0 Å². The highest BCUT2D eigenvalue weighted by Crippen LogP contribution is 2.40. The average molecular weight is 145 g/mol. The molecule has 0 saturated carbocycles. The smallest absolute Gasteiger partial charge is 0.127 e. The molecule has 0 aromatic carbocycles. The van der Waals surface area contributed by atoms with Gasteiger partial charge in [0.1, 0.15) is 5.67 Å². The van der Waals surface area contributed by atoms with Gasteiger partial charge in [0, 0.05) is 18.5 Å². The van der Waals surface area contributed by atoms with Crippen molar-refractivity contribution in [2.75, 3.05) is 13.1 Å². The van der Waals surface area contributed by atoms with E-state index < -0.39 is 5.67 Å². The van der Waals surface area contributed by atoms with Crippen LogP contribution < -0.4 is 5.32 Å². The first-order valence-corrected chi connectivity index (χ1v) is 3.91. The normalized spacial score (nSPS) is 48.0. The van der Waals surface area contributed by atoms with Gasteiger partial charge in [0.25, 0.3) is 0 Å². The molecule has 1 N–H and O–H groups in total. The van der Waals surface area contributed by atoms with Crippen LogP contribution in [0.15, 0.2) is 0 Å². The molecule has 60 valence electrons. The largest absolute Gasteiger partial charge is 0.313 e. The van der Waals surface area contributed by atoms with Crippen LogP contribution in [-0.4, -0.2) is 18.8 Å². The predicted molar refractivity (Wildman–Crippen MR) is 40.8 cm³/mol. The Hall–Kier alpha value is -0.110. The molecule has 10 heavy (non-hydrogen) atoms. The summed E-state index contributed by atoms with van der Waals surface area (Å²) in [7, 11) is 0. The Balaban J connectivity index is 2.76. The number of alkyl halides is 1. The molecule has 2 atom stereocenters. The van der Waals surface area contributed by atoms with Crippen molar-refractivity contribution in [2.45, 2.75) is 32.9 Å². The Bertz CT molecular complexity index is 133. The second-order valence-corrected chi connectivity index (χ2v) is 3.72. The van der Waals surface area contributed by atoms with Gasteiger partial charge in [0.15, 0.2) is 0 Å². The molecule has 1 aliphatic rings. The lowest BCUT2D eigenvalue weighted by molar-refractivity contribution is 0.0688. The van der Waals surface area contributed by atoms with Crippen LogP contribution in [0.2, 0.25) is 0 Å². The summed E-state index contributed by atoms with van der Waals surface area (Å²) in [6.07, 6.45) is 0.910. The van der Waals surface area contributed by atoms with Gasteiger partial charge in [-0.2, -0.15) is 0 Å². The molecular weight excluding hydrogens is 129 g/mol. The Morgan fingerprint density at radius 1 is 1.40 bits per heavy atom. The fourth-order valence-corrected chi connectivity index (χ4v) is 1.46. The Labute approximate surface area is 62.0 Å². The third-order valence-electron chi connectivity index (χ3n) is 3.01. The van der Waals surface area contributed by atoms with E-state index >= 15 is 0 Å². The zero-order chi connectivity index (χ0) is 7.83. The summed E-state index contributed by atoms with van der Waals surface area (Å²) in [5.74, 6) is 0. The van der Waals surface area contributed by atoms with Gasteiger partial charge >= 0.3 is 0 Å². The second-order valence-electron chi connectivity index (χ2n) is 3.72. The van der Waals surface area contributed by atoms with Crippen LogP contribution in [0.25, 0.3) is 0 Å². The first kappa shape index (κ1) is 7.99. The molecule has 1 rings (SSSR count). The van der Waals surface area contributed by atoms with Crippen LogP contribution in [0.1, 0.15) is 27.2 Å². The van der Waals surface area contributed by atoms with Gasteiger partial charge in [-0.1, -0.05) is 13.8 Å². The molecule has 1 heterocycles. The Morgan fingerprint density at radius 3 is 2.20 bits per heavy atom. The van der Waals surface area contributed by atoms with Crippen LogP contribution in [0, 0.1) is 5.41 Å². The summed E-state index contributed by atoms with van der Waals surface area (Å²) in [4.78, 5) is 0. The van der Waals surface area contributed by atoms with Crippen LogP contribution in [0.5, 0.6) is 0 Å². The van der Waals surface area contributed by atoms with Crippen molar-refractivity contribution in [1.29, 1.82) is 0 Å². The molecule has 2 unspecified atom stereocenters. The predicted octanol–water partition coefficient (Wildman–Crippen LogP) is 1.73. The lowest BCUT2D eigenvalue weighted by Crippen LogP contribution is -2.37. The topological polar surface area (TPSA) is 12.0 Å². The summed E-state index contributed by atoms with van der Waals surface area (Å²) >= 11 is 0. The molecular formula is C8H16FN. The molecule has 0 spiro atoms. The standard InChI is InChI=1S/C8H16FN/c1-4-7(2)5-10-6-8(7,3)9/h10H,4-6H2,1-3H3. The van der Waals surface area contributed by atoms with Gasteiger partial charge < -0.3 is 5.32 Å². The number of hydrogen-bond donors (Lipinski definition) is 1. The summed E-state index contributed by atoms with van der Waals surface area (Å²) in [6.45, 7) is 7.07. The van der Waals surface area contributed by atoms with E-state index in [1.54, 1.807) is 6.92 Å². The maximum absolute atomic E-state index is 13.6. The fourth-order valence-electron chi connectivity index (χ4n) is 1.46. The maximum atomic E-state index is 13.6. The zero-order valence-corrected chi connectivity index (χ0v) is 7.00. The summed E-state index contributed by atoms with van der Waals surface area (Å²) in [5, 5.41) is 3.08. The van der Waals surface area contributed by atoms with Crippen molar-refractivity contribution in [3.8, 4) is 0 Å². The molecule has 0 aliphatic carbocycles. The highest BCUT2D eigenvalue weighted by Gasteiger charge is 2.47. The zero-order valence-electron chi connectivity index (χ0n) is 7.00. The monoisotopic (exact) mass is 145 g/mol. The average Bonchev–Trinajstić information content (AvgIpc) is 2.10.